The third kappa shape index (κ3) is 2.57. The third-order valence-electron chi connectivity index (χ3n) is 2.95. The number of hydrogen-bond acceptors (Lipinski definition) is 4. The number of hydrogen-bond donors (Lipinski definition) is 0. The predicted octanol–water partition coefficient (Wildman–Crippen LogP) is 1.38. The number of hydroxylamine groups is 2. The van der Waals surface area contributed by atoms with Crippen molar-refractivity contribution in [3.05, 3.63) is 31.1 Å². The fraction of sp³-hybridized carbons (Fsp3) is 0.462. The molecule has 0 aromatic carbocycles. The minimum absolute atomic E-state index is 0.0783. The second-order valence-corrected chi connectivity index (χ2v) is 4.15. The summed E-state index contributed by atoms with van der Waals surface area (Å²) in [6, 6.07) is -0.196. The first-order valence-corrected chi connectivity index (χ1v) is 6.69. The molecule has 1 aromatic rings. The summed E-state index contributed by atoms with van der Waals surface area (Å²) in [6.45, 7) is 9.06. The quantitative estimate of drug-likeness (QED) is 0.780. The summed E-state index contributed by atoms with van der Waals surface area (Å²) in [6.07, 6.45) is 6.98. The molecule has 0 aliphatic carbocycles. The van der Waals surface area contributed by atoms with E-state index in [1.54, 1.807) is 28.1 Å². The van der Waals surface area contributed by atoms with Crippen LogP contribution < -0.4 is 0 Å². The third-order valence-corrected chi connectivity index (χ3v) is 2.95. The minimum Gasteiger partial charge on any atom is -0.314 e. The van der Waals surface area contributed by atoms with Gasteiger partial charge in [0.05, 0.1) is 37.3 Å². The van der Waals surface area contributed by atoms with Crippen LogP contribution in [0.15, 0.2) is 31.1 Å². The van der Waals surface area contributed by atoms with Gasteiger partial charge in [-0.2, -0.15) is 5.06 Å². The normalized spacial score (nSPS) is 20.4. The van der Waals surface area contributed by atoms with Crippen molar-refractivity contribution < 1.29 is 9.63 Å². The average molecular weight is 277 g/mol. The van der Waals surface area contributed by atoms with Crippen LogP contribution in [0.2, 0.25) is 0 Å². The molecule has 1 unspecified atom stereocenters. The number of nitrogens with zero attached hydrogens (tertiary/aromatic N) is 5. The molecule has 2 aliphatic heterocycles. The lowest BCUT2D eigenvalue weighted by atomic mass is 10.2. The van der Waals surface area contributed by atoms with E-state index in [2.05, 4.69) is 16.9 Å². The summed E-state index contributed by atoms with van der Waals surface area (Å²) in [4.78, 5) is 19.1. The van der Waals surface area contributed by atoms with E-state index in [-0.39, 0.29) is 12.1 Å². The van der Waals surface area contributed by atoms with Crippen molar-refractivity contribution >= 4 is 11.7 Å². The molecule has 3 rings (SSSR count). The van der Waals surface area contributed by atoms with E-state index < -0.39 is 0 Å². The number of carbonyl (C=O) groups excluding carboxylic acids is 1. The molecule has 0 radical (unpaired) electrons. The Morgan fingerprint density at radius 3 is 3.00 bits per heavy atom. The Morgan fingerprint density at radius 2 is 2.35 bits per heavy atom. The summed E-state index contributed by atoms with van der Waals surface area (Å²) in [5.74, 6) is 0. The van der Waals surface area contributed by atoms with E-state index in [1.165, 1.54) is 5.06 Å². The van der Waals surface area contributed by atoms with Crippen LogP contribution in [-0.2, 0) is 4.84 Å². The highest BCUT2D eigenvalue weighted by Gasteiger charge is 2.41. The number of fused-ring (bicyclic) bond motifs is 2. The van der Waals surface area contributed by atoms with E-state index in [9.17, 15) is 4.79 Å². The zero-order valence-corrected chi connectivity index (χ0v) is 11.8. The Morgan fingerprint density at radius 1 is 1.55 bits per heavy atom. The molecule has 20 heavy (non-hydrogen) atoms. The van der Waals surface area contributed by atoms with Gasteiger partial charge in [-0.25, -0.2) is 9.48 Å². The van der Waals surface area contributed by atoms with Crippen LogP contribution >= 0.6 is 0 Å². The Balaban J connectivity index is 0.000000704. The first-order valence-electron chi connectivity index (χ1n) is 6.69. The summed E-state index contributed by atoms with van der Waals surface area (Å²) < 4.78 is 1.67. The average Bonchev–Trinajstić information content (AvgIpc) is 3.09. The van der Waals surface area contributed by atoms with Crippen LogP contribution in [0.5, 0.6) is 0 Å². The fourth-order valence-corrected chi connectivity index (χ4v) is 2.18. The molecule has 2 bridgehead atoms. The monoisotopic (exact) mass is 277 g/mol. The van der Waals surface area contributed by atoms with Crippen LogP contribution in [0.3, 0.4) is 0 Å². The van der Waals surface area contributed by atoms with Gasteiger partial charge in [-0.3, -0.25) is 4.84 Å². The Kier molecular flexibility index (Phi) is 4.52. The summed E-state index contributed by atoms with van der Waals surface area (Å²) >= 11 is 0. The zero-order chi connectivity index (χ0) is 14.5. The number of amides is 2. The predicted molar refractivity (Wildman–Crippen MR) is 74.4 cm³/mol. The van der Waals surface area contributed by atoms with Crippen molar-refractivity contribution in [3.8, 4) is 0 Å². The molecule has 1 fully saturated rings. The molecule has 0 N–H and O–H groups in total. The van der Waals surface area contributed by atoms with Gasteiger partial charge < -0.3 is 4.90 Å². The van der Waals surface area contributed by atoms with E-state index in [0.717, 1.165) is 5.70 Å². The SMILES string of the molecule is C=CCON1C(=O)N2CC(n3ccnn3)=CC1C2.CC. The molecule has 1 atom stereocenters. The second kappa shape index (κ2) is 6.33. The van der Waals surface area contributed by atoms with Crippen molar-refractivity contribution in [3.63, 3.8) is 0 Å². The van der Waals surface area contributed by atoms with Gasteiger partial charge in [0.1, 0.15) is 0 Å². The van der Waals surface area contributed by atoms with Gasteiger partial charge in [0.25, 0.3) is 0 Å². The van der Waals surface area contributed by atoms with Gasteiger partial charge >= 0.3 is 6.03 Å². The number of aromatic nitrogens is 3. The van der Waals surface area contributed by atoms with Crippen LogP contribution in [0.25, 0.3) is 5.70 Å². The Hall–Kier alpha value is -2.15. The van der Waals surface area contributed by atoms with Crippen LogP contribution in [-0.4, -0.2) is 56.7 Å². The molecule has 0 spiro atoms. The molecule has 1 saturated heterocycles. The number of rotatable bonds is 4. The summed E-state index contributed by atoms with van der Waals surface area (Å²) in [5.41, 5.74) is 0.932. The van der Waals surface area contributed by atoms with Crippen molar-refractivity contribution in [2.75, 3.05) is 19.7 Å². The van der Waals surface area contributed by atoms with Crippen molar-refractivity contribution in [1.82, 2.24) is 25.0 Å². The van der Waals surface area contributed by atoms with Gasteiger partial charge in [-0.05, 0) is 6.08 Å². The molecule has 108 valence electrons. The summed E-state index contributed by atoms with van der Waals surface area (Å²) in [7, 11) is 0. The lowest BCUT2D eigenvalue weighted by Crippen LogP contribution is -2.33. The van der Waals surface area contributed by atoms with Crippen LogP contribution in [0.1, 0.15) is 13.8 Å². The van der Waals surface area contributed by atoms with Crippen molar-refractivity contribution in [1.29, 1.82) is 0 Å². The largest absolute Gasteiger partial charge is 0.345 e. The standard InChI is InChI=1S/C11H13N5O2.C2H6/c1-2-5-18-16-10-6-9(15-4-3-12-13-15)7-14(8-10)11(16)17;1-2/h2-4,6,10H,1,5,7-8H2;1-2H3. The van der Waals surface area contributed by atoms with Gasteiger partial charge in [-0.15, -0.1) is 11.7 Å². The zero-order valence-electron chi connectivity index (χ0n) is 11.8. The van der Waals surface area contributed by atoms with Crippen LogP contribution in [0, 0.1) is 0 Å². The maximum Gasteiger partial charge on any atom is 0.345 e. The second-order valence-electron chi connectivity index (χ2n) is 4.15. The van der Waals surface area contributed by atoms with Gasteiger partial charge in [0.15, 0.2) is 0 Å². The van der Waals surface area contributed by atoms with E-state index in [4.69, 9.17) is 4.84 Å². The lowest BCUT2D eigenvalue weighted by Gasteiger charge is -2.20. The number of urea groups is 1. The molecule has 1 aromatic heterocycles. The molecular formula is C13H19N5O2. The molecule has 2 amide bonds. The molecule has 3 heterocycles. The van der Waals surface area contributed by atoms with Crippen molar-refractivity contribution in [2.45, 2.75) is 19.9 Å². The topological polar surface area (TPSA) is 63.5 Å². The maximum atomic E-state index is 12.0. The first-order chi connectivity index (χ1) is 9.79. The molecule has 2 aliphatic rings. The fourth-order valence-electron chi connectivity index (χ4n) is 2.18. The highest BCUT2D eigenvalue weighted by atomic mass is 16.7. The molecule has 7 heteroatoms. The molecule has 0 saturated carbocycles. The first kappa shape index (κ1) is 14.3. The van der Waals surface area contributed by atoms with E-state index in [1.807, 2.05) is 19.9 Å². The smallest absolute Gasteiger partial charge is 0.314 e. The Labute approximate surface area is 118 Å². The number of carbonyl (C=O) groups is 1. The molecular weight excluding hydrogens is 258 g/mol. The highest BCUT2D eigenvalue weighted by Crippen LogP contribution is 2.26. The lowest BCUT2D eigenvalue weighted by molar-refractivity contribution is -0.107. The van der Waals surface area contributed by atoms with Crippen molar-refractivity contribution in [2.24, 2.45) is 0 Å². The minimum atomic E-state index is -0.117. The Bertz CT molecular complexity index is 497. The van der Waals surface area contributed by atoms with Crippen LogP contribution in [0.4, 0.5) is 4.79 Å². The van der Waals surface area contributed by atoms with Gasteiger partial charge in [-0.1, -0.05) is 25.1 Å². The summed E-state index contributed by atoms with van der Waals surface area (Å²) in [5, 5.41) is 9.09. The molecule has 7 nitrogen and oxygen atoms in total. The highest BCUT2D eigenvalue weighted by molar-refractivity contribution is 5.80. The van der Waals surface area contributed by atoms with Gasteiger partial charge in [0.2, 0.25) is 0 Å². The maximum absolute atomic E-state index is 12.0. The van der Waals surface area contributed by atoms with Gasteiger partial charge in [0, 0.05) is 6.54 Å². The van der Waals surface area contributed by atoms with E-state index in [0.29, 0.717) is 19.7 Å². The van der Waals surface area contributed by atoms with E-state index >= 15 is 0 Å².